The molecule has 0 aliphatic heterocycles. The van der Waals surface area contributed by atoms with E-state index in [0.717, 1.165) is 6.07 Å². The van der Waals surface area contributed by atoms with Gasteiger partial charge in [-0.3, -0.25) is 4.79 Å². The molecule has 0 heterocycles. The molecule has 2 rings (SSSR count). The van der Waals surface area contributed by atoms with Crippen molar-refractivity contribution in [1.29, 1.82) is 0 Å². The Balaban J connectivity index is 2.17. The van der Waals surface area contributed by atoms with Crippen LogP contribution < -0.4 is 10.6 Å². The third-order valence-corrected chi connectivity index (χ3v) is 3.63. The molecule has 1 aromatic carbocycles. The monoisotopic (exact) mass is 302 g/mol. The molecule has 1 aliphatic carbocycles. The van der Waals surface area contributed by atoms with Crippen molar-refractivity contribution in [3.8, 4) is 0 Å². The third-order valence-electron chi connectivity index (χ3n) is 3.63. The van der Waals surface area contributed by atoms with Crippen LogP contribution in [0.3, 0.4) is 0 Å². The van der Waals surface area contributed by atoms with Crippen LogP contribution in [-0.2, 0) is 10.9 Å². The lowest BCUT2D eigenvalue weighted by Gasteiger charge is -2.34. The van der Waals surface area contributed by atoms with E-state index in [1.807, 2.05) is 0 Å². The van der Waals surface area contributed by atoms with Crippen LogP contribution in [-0.4, -0.2) is 32.2 Å². The Morgan fingerprint density at radius 1 is 1.33 bits per heavy atom. The van der Waals surface area contributed by atoms with Gasteiger partial charge in [0.1, 0.15) is 0 Å². The number of rotatable bonds is 4. The quantitative estimate of drug-likeness (QED) is 0.899. The molecular formula is C14H17F3N2O2. The predicted molar refractivity (Wildman–Crippen MR) is 72.3 cm³/mol. The van der Waals surface area contributed by atoms with Gasteiger partial charge in [0, 0.05) is 20.2 Å². The molecule has 4 nitrogen and oxygen atoms in total. The van der Waals surface area contributed by atoms with Gasteiger partial charge in [0.05, 0.1) is 22.9 Å². The Bertz CT molecular complexity index is 525. The minimum atomic E-state index is -4.51. The normalized spacial score (nSPS) is 21.6. The van der Waals surface area contributed by atoms with E-state index in [1.165, 1.54) is 19.2 Å². The number of alkyl halides is 3. The molecule has 1 aromatic rings. The van der Waals surface area contributed by atoms with Crippen LogP contribution in [0.15, 0.2) is 18.2 Å². The molecule has 116 valence electrons. The average Bonchev–Trinajstić information content (AvgIpc) is 2.40. The van der Waals surface area contributed by atoms with Gasteiger partial charge >= 0.3 is 6.18 Å². The minimum absolute atomic E-state index is 0.00630. The Hall–Kier alpha value is -1.76. The smallest absolute Gasteiger partial charge is 0.387 e. The van der Waals surface area contributed by atoms with Gasteiger partial charge in [-0.1, -0.05) is 6.07 Å². The molecule has 0 spiro atoms. The number of halogens is 3. The number of anilines is 1. The second-order valence-electron chi connectivity index (χ2n) is 4.98. The maximum atomic E-state index is 12.9. The summed E-state index contributed by atoms with van der Waals surface area (Å²) in [6, 6.07) is 3.51. The van der Waals surface area contributed by atoms with Gasteiger partial charge in [0.15, 0.2) is 0 Å². The summed E-state index contributed by atoms with van der Waals surface area (Å²) in [4.78, 5) is 12.1. The summed E-state index contributed by atoms with van der Waals surface area (Å²) in [7, 11) is 2.96. The van der Waals surface area contributed by atoms with Crippen molar-refractivity contribution in [1.82, 2.24) is 5.32 Å². The second kappa shape index (κ2) is 5.93. The molecular weight excluding hydrogens is 285 g/mol. The first-order valence-corrected chi connectivity index (χ1v) is 6.58. The summed E-state index contributed by atoms with van der Waals surface area (Å²) >= 11 is 0. The van der Waals surface area contributed by atoms with Crippen LogP contribution in [0.2, 0.25) is 0 Å². The first-order chi connectivity index (χ1) is 9.86. The second-order valence-corrected chi connectivity index (χ2v) is 4.98. The van der Waals surface area contributed by atoms with Crippen molar-refractivity contribution in [2.24, 2.45) is 0 Å². The number of hydrogen-bond acceptors (Lipinski definition) is 3. The first-order valence-electron chi connectivity index (χ1n) is 6.58. The molecule has 0 aromatic heterocycles. The summed E-state index contributed by atoms with van der Waals surface area (Å²) in [5.41, 5.74) is -1.06. The number of hydrogen-bond donors (Lipinski definition) is 2. The van der Waals surface area contributed by atoms with Gasteiger partial charge < -0.3 is 15.4 Å². The van der Waals surface area contributed by atoms with E-state index in [0.29, 0.717) is 12.8 Å². The number of carbonyl (C=O) groups excluding carboxylic acids is 1. The highest BCUT2D eigenvalue weighted by atomic mass is 19.4. The molecule has 1 fully saturated rings. The highest BCUT2D eigenvalue weighted by Gasteiger charge is 2.36. The van der Waals surface area contributed by atoms with Crippen LogP contribution in [0.5, 0.6) is 0 Å². The number of ether oxygens (including phenoxy) is 1. The Labute approximate surface area is 120 Å². The van der Waals surface area contributed by atoms with Crippen molar-refractivity contribution in [2.75, 3.05) is 19.5 Å². The molecule has 0 radical (unpaired) electrons. The van der Waals surface area contributed by atoms with Gasteiger partial charge in [-0.25, -0.2) is 0 Å². The standard InChI is InChI=1S/C14H17F3N2O2/c1-18-12-10(4-3-5-11(12)14(15,16)17)13(20)19-8-6-9(7-8)21-2/h3-5,8-9,18H,6-7H2,1-2H3,(H,19,20). The van der Waals surface area contributed by atoms with Gasteiger partial charge in [0.2, 0.25) is 0 Å². The number of para-hydroxylation sites is 1. The fourth-order valence-electron chi connectivity index (χ4n) is 2.39. The average molecular weight is 302 g/mol. The van der Waals surface area contributed by atoms with Gasteiger partial charge in [-0.2, -0.15) is 13.2 Å². The highest BCUT2D eigenvalue weighted by Crippen LogP contribution is 2.36. The summed E-state index contributed by atoms with van der Waals surface area (Å²) < 4.78 is 43.9. The number of methoxy groups -OCH3 is 1. The molecule has 0 atom stereocenters. The zero-order valence-corrected chi connectivity index (χ0v) is 11.8. The lowest BCUT2D eigenvalue weighted by Crippen LogP contribution is -2.47. The fourth-order valence-corrected chi connectivity index (χ4v) is 2.39. The van der Waals surface area contributed by atoms with Gasteiger partial charge in [-0.05, 0) is 25.0 Å². The van der Waals surface area contributed by atoms with Gasteiger partial charge in [-0.15, -0.1) is 0 Å². The number of amides is 1. The van der Waals surface area contributed by atoms with E-state index in [-0.39, 0.29) is 23.4 Å². The molecule has 1 amide bonds. The summed E-state index contributed by atoms with van der Waals surface area (Å²) in [6.45, 7) is 0. The lowest BCUT2D eigenvalue weighted by molar-refractivity contribution is -0.136. The molecule has 1 saturated carbocycles. The number of carbonyl (C=O) groups is 1. The highest BCUT2D eigenvalue weighted by molar-refractivity contribution is 6.00. The van der Waals surface area contributed by atoms with Crippen molar-refractivity contribution in [3.05, 3.63) is 29.3 Å². The molecule has 2 N–H and O–H groups in total. The SMILES string of the molecule is CNc1c(C(=O)NC2CC(OC)C2)cccc1C(F)(F)F. The molecule has 1 aliphatic rings. The van der Waals surface area contributed by atoms with Crippen molar-refractivity contribution in [2.45, 2.75) is 31.2 Å². The van der Waals surface area contributed by atoms with E-state index in [9.17, 15) is 18.0 Å². The zero-order chi connectivity index (χ0) is 15.6. The van der Waals surface area contributed by atoms with Crippen LogP contribution in [0, 0.1) is 0 Å². The first kappa shape index (κ1) is 15.6. The minimum Gasteiger partial charge on any atom is -0.387 e. The fraction of sp³-hybridized carbons (Fsp3) is 0.500. The molecule has 21 heavy (non-hydrogen) atoms. The van der Waals surface area contributed by atoms with Crippen LogP contribution >= 0.6 is 0 Å². The van der Waals surface area contributed by atoms with Crippen molar-refractivity contribution < 1.29 is 22.7 Å². The maximum absolute atomic E-state index is 12.9. The third kappa shape index (κ3) is 3.29. The topological polar surface area (TPSA) is 50.4 Å². The molecule has 0 unspecified atom stereocenters. The summed E-state index contributed by atoms with van der Waals surface area (Å²) in [5.74, 6) is -0.509. The number of benzene rings is 1. The van der Waals surface area contributed by atoms with Crippen LogP contribution in [0.25, 0.3) is 0 Å². The zero-order valence-electron chi connectivity index (χ0n) is 11.8. The van der Waals surface area contributed by atoms with E-state index in [2.05, 4.69) is 10.6 Å². The lowest BCUT2D eigenvalue weighted by atomic mass is 9.89. The largest absolute Gasteiger partial charge is 0.418 e. The van der Waals surface area contributed by atoms with E-state index >= 15 is 0 Å². The van der Waals surface area contributed by atoms with Crippen molar-refractivity contribution in [3.63, 3.8) is 0 Å². The molecule has 7 heteroatoms. The summed E-state index contributed by atoms with van der Waals surface area (Å²) in [6.07, 6.45) is -3.04. The van der Waals surface area contributed by atoms with Crippen LogP contribution in [0.4, 0.5) is 18.9 Å². The van der Waals surface area contributed by atoms with Crippen LogP contribution in [0.1, 0.15) is 28.8 Å². The predicted octanol–water partition coefficient (Wildman–Crippen LogP) is 2.65. The Morgan fingerprint density at radius 3 is 2.52 bits per heavy atom. The molecule has 0 saturated heterocycles. The van der Waals surface area contributed by atoms with E-state index in [1.54, 1.807) is 7.11 Å². The number of nitrogens with one attached hydrogen (secondary N) is 2. The maximum Gasteiger partial charge on any atom is 0.418 e. The summed E-state index contributed by atoms with van der Waals surface area (Å²) in [5, 5.41) is 5.20. The van der Waals surface area contributed by atoms with Gasteiger partial charge in [0.25, 0.3) is 5.91 Å². The van der Waals surface area contributed by atoms with E-state index in [4.69, 9.17) is 4.74 Å². The molecule has 0 bridgehead atoms. The Morgan fingerprint density at radius 2 is 2.00 bits per heavy atom. The van der Waals surface area contributed by atoms with Crippen molar-refractivity contribution >= 4 is 11.6 Å². The Kier molecular flexibility index (Phi) is 4.41. The van der Waals surface area contributed by atoms with E-state index < -0.39 is 17.6 Å².